The molecule has 2 rings (SSSR count). The summed E-state index contributed by atoms with van der Waals surface area (Å²) in [7, 11) is 1.99. The Balaban J connectivity index is 1.84. The second-order valence-electron chi connectivity index (χ2n) is 4.98. The van der Waals surface area contributed by atoms with Crippen LogP contribution in [0.4, 0.5) is 0 Å². The van der Waals surface area contributed by atoms with E-state index in [4.69, 9.17) is 0 Å². The number of aromatic nitrogens is 2. The average Bonchev–Trinajstić information content (AvgIpc) is 2.48. The molecule has 0 aromatic carbocycles. The molecular weight excluding hydrogens is 198 g/mol. The van der Waals surface area contributed by atoms with Crippen molar-refractivity contribution in [1.82, 2.24) is 15.1 Å². The third kappa shape index (κ3) is 3.08. The number of nitrogens with one attached hydrogen (secondary N) is 1. The van der Waals surface area contributed by atoms with Crippen LogP contribution in [0.5, 0.6) is 0 Å². The van der Waals surface area contributed by atoms with Gasteiger partial charge in [0.2, 0.25) is 0 Å². The van der Waals surface area contributed by atoms with Crippen LogP contribution >= 0.6 is 0 Å². The zero-order valence-corrected chi connectivity index (χ0v) is 10.5. The number of rotatable bonds is 3. The molecule has 0 radical (unpaired) electrons. The lowest BCUT2D eigenvalue weighted by Crippen LogP contribution is -2.27. The SMILES string of the molecule is Cc1nn(C)cc1CNC1CCCCCC1. The molecule has 1 saturated carbocycles. The monoisotopic (exact) mass is 221 g/mol. The average molecular weight is 221 g/mol. The van der Waals surface area contributed by atoms with E-state index in [1.165, 1.54) is 44.1 Å². The van der Waals surface area contributed by atoms with E-state index in [0.717, 1.165) is 18.3 Å². The minimum atomic E-state index is 0.724. The van der Waals surface area contributed by atoms with Crippen LogP contribution < -0.4 is 5.32 Å². The van der Waals surface area contributed by atoms with E-state index in [2.05, 4.69) is 23.5 Å². The van der Waals surface area contributed by atoms with Crippen molar-refractivity contribution in [2.45, 2.75) is 58.0 Å². The second kappa shape index (κ2) is 5.48. The lowest BCUT2D eigenvalue weighted by Gasteiger charge is -2.15. The lowest BCUT2D eigenvalue weighted by molar-refractivity contribution is 0.458. The van der Waals surface area contributed by atoms with Crippen LogP contribution in [-0.2, 0) is 13.6 Å². The van der Waals surface area contributed by atoms with Crippen molar-refractivity contribution in [2.24, 2.45) is 7.05 Å². The quantitative estimate of drug-likeness (QED) is 0.795. The number of hydrogen-bond acceptors (Lipinski definition) is 2. The highest BCUT2D eigenvalue weighted by molar-refractivity contribution is 5.14. The molecule has 1 aromatic heterocycles. The molecule has 1 aliphatic rings. The van der Waals surface area contributed by atoms with Gasteiger partial charge in [-0.05, 0) is 19.8 Å². The fourth-order valence-electron chi connectivity index (χ4n) is 2.56. The Morgan fingerprint density at radius 1 is 1.31 bits per heavy atom. The maximum atomic E-state index is 4.37. The van der Waals surface area contributed by atoms with Crippen LogP contribution in [0.2, 0.25) is 0 Å². The van der Waals surface area contributed by atoms with E-state index in [0.29, 0.717) is 0 Å². The summed E-state index contributed by atoms with van der Waals surface area (Å²) in [6, 6.07) is 0.724. The summed E-state index contributed by atoms with van der Waals surface area (Å²) in [4.78, 5) is 0. The first-order valence-electron chi connectivity index (χ1n) is 6.48. The maximum absolute atomic E-state index is 4.37. The summed E-state index contributed by atoms with van der Waals surface area (Å²) >= 11 is 0. The topological polar surface area (TPSA) is 29.9 Å². The van der Waals surface area contributed by atoms with Crippen LogP contribution in [0.1, 0.15) is 49.8 Å². The van der Waals surface area contributed by atoms with Crippen molar-refractivity contribution < 1.29 is 0 Å². The highest BCUT2D eigenvalue weighted by Crippen LogP contribution is 2.17. The van der Waals surface area contributed by atoms with Gasteiger partial charge in [-0.25, -0.2) is 0 Å². The standard InChI is InChI=1S/C13H23N3/c1-11-12(10-16(2)15-11)9-14-13-7-5-3-4-6-8-13/h10,13-14H,3-9H2,1-2H3. The Morgan fingerprint density at radius 3 is 2.56 bits per heavy atom. The van der Waals surface area contributed by atoms with Crippen molar-refractivity contribution in [3.63, 3.8) is 0 Å². The molecule has 0 atom stereocenters. The van der Waals surface area contributed by atoms with Gasteiger partial charge in [-0.1, -0.05) is 25.7 Å². The highest BCUT2D eigenvalue weighted by atomic mass is 15.2. The Kier molecular flexibility index (Phi) is 3.99. The van der Waals surface area contributed by atoms with Crippen LogP contribution in [0.25, 0.3) is 0 Å². The van der Waals surface area contributed by atoms with Gasteiger partial charge in [0.25, 0.3) is 0 Å². The molecule has 16 heavy (non-hydrogen) atoms. The van der Waals surface area contributed by atoms with Gasteiger partial charge in [0.05, 0.1) is 5.69 Å². The van der Waals surface area contributed by atoms with Gasteiger partial charge in [-0.2, -0.15) is 5.10 Å². The Hall–Kier alpha value is -0.830. The molecule has 0 saturated heterocycles. The summed E-state index contributed by atoms with van der Waals surface area (Å²) in [5.41, 5.74) is 2.50. The van der Waals surface area contributed by atoms with Crippen molar-refractivity contribution in [1.29, 1.82) is 0 Å². The van der Waals surface area contributed by atoms with Crippen LogP contribution in [0, 0.1) is 6.92 Å². The Bertz CT molecular complexity index is 322. The molecular formula is C13H23N3. The third-order valence-electron chi connectivity index (χ3n) is 3.55. The van der Waals surface area contributed by atoms with E-state index < -0.39 is 0 Å². The zero-order chi connectivity index (χ0) is 11.4. The molecule has 0 bridgehead atoms. The predicted octanol–water partition coefficient (Wildman–Crippen LogP) is 2.54. The fourth-order valence-corrected chi connectivity index (χ4v) is 2.56. The van der Waals surface area contributed by atoms with E-state index in [9.17, 15) is 0 Å². The second-order valence-corrected chi connectivity index (χ2v) is 4.98. The summed E-state index contributed by atoms with van der Waals surface area (Å²) in [6.07, 6.45) is 10.4. The fraction of sp³-hybridized carbons (Fsp3) is 0.769. The van der Waals surface area contributed by atoms with Crippen LogP contribution in [-0.4, -0.2) is 15.8 Å². The molecule has 1 aromatic rings. The van der Waals surface area contributed by atoms with E-state index in [1.807, 2.05) is 11.7 Å². The maximum Gasteiger partial charge on any atom is 0.0638 e. The summed E-state index contributed by atoms with van der Waals surface area (Å²) in [5.74, 6) is 0. The van der Waals surface area contributed by atoms with Crippen molar-refractivity contribution in [2.75, 3.05) is 0 Å². The van der Waals surface area contributed by atoms with Gasteiger partial charge in [0, 0.05) is 31.4 Å². The molecule has 1 heterocycles. The van der Waals surface area contributed by atoms with Crippen LogP contribution in [0.15, 0.2) is 6.20 Å². The molecule has 0 amide bonds. The normalized spacial score (nSPS) is 18.6. The summed E-state index contributed by atoms with van der Waals surface area (Å²) < 4.78 is 1.90. The van der Waals surface area contributed by atoms with Gasteiger partial charge >= 0.3 is 0 Å². The number of aryl methyl sites for hydroxylation is 2. The highest BCUT2D eigenvalue weighted by Gasteiger charge is 2.12. The molecule has 0 spiro atoms. The molecule has 1 fully saturated rings. The Morgan fingerprint density at radius 2 is 2.00 bits per heavy atom. The third-order valence-corrected chi connectivity index (χ3v) is 3.55. The van der Waals surface area contributed by atoms with Crippen molar-refractivity contribution in [3.8, 4) is 0 Å². The van der Waals surface area contributed by atoms with Gasteiger partial charge in [0.1, 0.15) is 0 Å². The van der Waals surface area contributed by atoms with E-state index in [-0.39, 0.29) is 0 Å². The molecule has 3 nitrogen and oxygen atoms in total. The molecule has 3 heteroatoms. The van der Waals surface area contributed by atoms with Crippen molar-refractivity contribution >= 4 is 0 Å². The molecule has 90 valence electrons. The first-order chi connectivity index (χ1) is 7.75. The Labute approximate surface area is 98.2 Å². The smallest absolute Gasteiger partial charge is 0.0638 e. The van der Waals surface area contributed by atoms with E-state index in [1.54, 1.807) is 0 Å². The molecule has 1 N–H and O–H groups in total. The van der Waals surface area contributed by atoms with Gasteiger partial charge in [0.15, 0.2) is 0 Å². The largest absolute Gasteiger partial charge is 0.310 e. The van der Waals surface area contributed by atoms with Gasteiger partial charge < -0.3 is 5.32 Å². The minimum absolute atomic E-state index is 0.724. The summed E-state index contributed by atoms with van der Waals surface area (Å²) in [5, 5.41) is 8.05. The van der Waals surface area contributed by atoms with E-state index >= 15 is 0 Å². The van der Waals surface area contributed by atoms with Crippen molar-refractivity contribution in [3.05, 3.63) is 17.5 Å². The van der Waals surface area contributed by atoms with Gasteiger partial charge in [-0.15, -0.1) is 0 Å². The first-order valence-corrected chi connectivity index (χ1v) is 6.48. The number of nitrogens with zero attached hydrogens (tertiary/aromatic N) is 2. The van der Waals surface area contributed by atoms with Crippen LogP contribution in [0.3, 0.4) is 0 Å². The molecule has 0 unspecified atom stereocenters. The first kappa shape index (κ1) is 11.6. The summed E-state index contributed by atoms with van der Waals surface area (Å²) in [6.45, 7) is 3.06. The lowest BCUT2D eigenvalue weighted by atomic mass is 10.1. The molecule has 1 aliphatic carbocycles. The predicted molar refractivity (Wildman–Crippen MR) is 66.3 cm³/mol. The zero-order valence-electron chi connectivity index (χ0n) is 10.5. The molecule has 0 aliphatic heterocycles. The van der Waals surface area contributed by atoms with Gasteiger partial charge in [-0.3, -0.25) is 4.68 Å². The minimum Gasteiger partial charge on any atom is -0.310 e. The number of hydrogen-bond donors (Lipinski definition) is 1.